The summed E-state index contributed by atoms with van der Waals surface area (Å²) in [5, 5.41) is 10.0. The van der Waals surface area contributed by atoms with E-state index in [2.05, 4.69) is 0 Å². The molecule has 1 N–H and O–H groups in total. The fourth-order valence-electron chi connectivity index (χ4n) is 2.44. The highest BCUT2D eigenvalue weighted by Crippen LogP contribution is 2.30. The molecule has 1 aliphatic heterocycles. The van der Waals surface area contributed by atoms with Gasteiger partial charge in [0.1, 0.15) is 0 Å². The molecule has 1 aromatic carbocycles. The maximum Gasteiger partial charge on any atom is 0.401 e. The summed E-state index contributed by atoms with van der Waals surface area (Å²) in [6.07, 6.45) is -4.75. The van der Waals surface area contributed by atoms with Gasteiger partial charge in [-0.1, -0.05) is 17.7 Å². The minimum atomic E-state index is -4.15. The van der Waals surface area contributed by atoms with E-state index in [1.165, 1.54) is 4.90 Å². The van der Waals surface area contributed by atoms with Gasteiger partial charge < -0.3 is 10.0 Å². The molecule has 1 atom stereocenters. The lowest BCUT2D eigenvalue weighted by molar-refractivity contribution is -0.146. The van der Waals surface area contributed by atoms with Gasteiger partial charge in [-0.3, -0.25) is 4.90 Å². The monoisotopic (exact) mass is 322 g/mol. The lowest BCUT2D eigenvalue weighted by atomic mass is 10.1. The van der Waals surface area contributed by atoms with Crippen LogP contribution in [0.5, 0.6) is 0 Å². The van der Waals surface area contributed by atoms with Gasteiger partial charge in [0, 0.05) is 26.2 Å². The minimum Gasteiger partial charge on any atom is -0.389 e. The number of benzene rings is 1. The van der Waals surface area contributed by atoms with E-state index in [-0.39, 0.29) is 0 Å². The average Bonchev–Trinajstić information content (AvgIpc) is 2.38. The predicted octanol–water partition coefficient (Wildman–Crippen LogP) is 3.08. The molecule has 7 heteroatoms. The van der Waals surface area contributed by atoms with Gasteiger partial charge >= 0.3 is 6.18 Å². The first-order valence-corrected chi connectivity index (χ1v) is 7.15. The first kappa shape index (κ1) is 16.4. The van der Waals surface area contributed by atoms with Crippen LogP contribution in [-0.4, -0.2) is 48.9 Å². The van der Waals surface area contributed by atoms with Crippen molar-refractivity contribution < 1.29 is 18.3 Å². The first-order chi connectivity index (χ1) is 9.76. The van der Waals surface area contributed by atoms with Crippen molar-refractivity contribution in [2.24, 2.45) is 0 Å². The van der Waals surface area contributed by atoms with Crippen LogP contribution in [0.15, 0.2) is 18.2 Å². The summed E-state index contributed by atoms with van der Waals surface area (Å²) in [7, 11) is 0. The van der Waals surface area contributed by atoms with Crippen LogP contribution in [0.1, 0.15) is 18.6 Å². The van der Waals surface area contributed by atoms with Gasteiger partial charge in [-0.2, -0.15) is 13.2 Å². The Hall–Kier alpha value is -0.980. The minimum absolute atomic E-state index is 0.355. The molecule has 1 heterocycles. The second kappa shape index (κ2) is 6.42. The van der Waals surface area contributed by atoms with Crippen LogP contribution < -0.4 is 4.90 Å². The Balaban J connectivity index is 1.99. The second-order valence-corrected chi connectivity index (χ2v) is 5.67. The van der Waals surface area contributed by atoms with E-state index in [9.17, 15) is 18.3 Å². The van der Waals surface area contributed by atoms with E-state index < -0.39 is 18.8 Å². The maximum atomic E-state index is 12.3. The number of hydrogen-bond acceptors (Lipinski definition) is 3. The van der Waals surface area contributed by atoms with Gasteiger partial charge in [0.2, 0.25) is 0 Å². The molecule has 0 bridgehead atoms. The summed E-state index contributed by atoms with van der Waals surface area (Å²) < 4.78 is 37.0. The van der Waals surface area contributed by atoms with Crippen LogP contribution in [0.2, 0.25) is 5.02 Å². The third-order valence-corrected chi connectivity index (χ3v) is 3.87. The van der Waals surface area contributed by atoms with Crippen LogP contribution >= 0.6 is 11.6 Å². The molecule has 1 saturated heterocycles. The zero-order valence-corrected chi connectivity index (χ0v) is 12.5. The van der Waals surface area contributed by atoms with Crippen molar-refractivity contribution in [1.82, 2.24) is 4.90 Å². The van der Waals surface area contributed by atoms with Crippen molar-refractivity contribution in [1.29, 1.82) is 0 Å². The quantitative estimate of drug-likeness (QED) is 0.926. The molecule has 0 saturated carbocycles. The lowest BCUT2D eigenvalue weighted by Gasteiger charge is -2.36. The number of piperazine rings is 1. The zero-order valence-electron chi connectivity index (χ0n) is 11.7. The number of alkyl halides is 3. The van der Waals surface area contributed by atoms with E-state index in [1.54, 1.807) is 19.1 Å². The topological polar surface area (TPSA) is 26.7 Å². The molecular weight excluding hydrogens is 305 g/mol. The summed E-state index contributed by atoms with van der Waals surface area (Å²) >= 11 is 6.20. The van der Waals surface area contributed by atoms with Crippen molar-refractivity contribution in [2.75, 3.05) is 37.6 Å². The largest absolute Gasteiger partial charge is 0.401 e. The molecule has 0 unspecified atom stereocenters. The predicted molar refractivity (Wildman–Crippen MR) is 76.8 cm³/mol. The Morgan fingerprint density at radius 3 is 2.33 bits per heavy atom. The zero-order chi connectivity index (χ0) is 15.6. The van der Waals surface area contributed by atoms with E-state index in [1.807, 2.05) is 11.0 Å². The third-order valence-electron chi connectivity index (χ3n) is 3.57. The molecule has 0 spiro atoms. The van der Waals surface area contributed by atoms with Gasteiger partial charge in [-0.15, -0.1) is 0 Å². The SMILES string of the molecule is C[C@H](O)c1ccc(N2CCN(CC(F)(F)F)CC2)c(Cl)c1. The number of rotatable bonds is 3. The molecule has 3 nitrogen and oxygen atoms in total. The van der Waals surface area contributed by atoms with Gasteiger partial charge in [-0.25, -0.2) is 0 Å². The summed E-state index contributed by atoms with van der Waals surface area (Å²) in [4.78, 5) is 3.37. The fraction of sp³-hybridized carbons (Fsp3) is 0.571. The molecule has 21 heavy (non-hydrogen) atoms. The van der Waals surface area contributed by atoms with E-state index in [0.717, 1.165) is 11.3 Å². The van der Waals surface area contributed by atoms with E-state index in [0.29, 0.717) is 31.2 Å². The molecular formula is C14H18ClF3N2O. The normalized spacial score (nSPS) is 18.9. The molecule has 0 amide bonds. The summed E-state index contributed by atoms with van der Waals surface area (Å²) in [5.74, 6) is 0. The van der Waals surface area contributed by atoms with Crippen LogP contribution in [0.3, 0.4) is 0 Å². The van der Waals surface area contributed by atoms with Crippen LogP contribution in [-0.2, 0) is 0 Å². The van der Waals surface area contributed by atoms with Crippen molar-refractivity contribution in [3.05, 3.63) is 28.8 Å². The van der Waals surface area contributed by atoms with Gasteiger partial charge in [-0.05, 0) is 24.6 Å². The molecule has 2 rings (SSSR count). The highest BCUT2D eigenvalue weighted by molar-refractivity contribution is 6.33. The van der Waals surface area contributed by atoms with Gasteiger partial charge in [0.25, 0.3) is 0 Å². The Labute approximate surface area is 126 Å². The summed E-state index contributed by atoms with van der Waals surface area (Å²) in [5.41, 5.74) is 1.52. The Morgan fingerprint density at radius 1 is 1.24 bits per heavy atom. The van der Waals surface area contributed by atoms with Crippen LogP contribution in [0, 0.1) is 0 Å². The Kier molecular flexibility index (Phi) is 5.01. The smallest absolute Gasteiger partial charge is 0.389 e. The molecule has 1 aromatic rings. The summed E-state index contributed by atoms with van der Waals surface area (Å²) in [6, 6.07) is 5.29. The van der Waals surface area contributed by atoms with Crippen molar-refractivity contribution >= 4 is 17.3 Å². The number of aliphatic hydroxyl groups is 1. The Bertz CT molecular complexity index is 486. The number of halogens is 4. The molecule has 0 aliphatic carbocycles. The molecule has 118 valence electrons. The van der Waals surface area contributed by atoms with Crippen molar-refractivity contribution in [2.45, 2.75) is 19.2 Å². The van der Waals surface area contributed by atoms with E-state index >= 15 is 0 Å². The molecule has 1 fully saturated rings. The Morgan fingerprint density at radius 2 is 1.86 bits per heavy atom. The average molecular weight is 323 g/mol. The summed E-state index contributed by atoms with van der Waals surface area (Å²) in [6.45, 7) is 2.51. The highest BCUT2D eigenvalue weighted by atomic mass is 35.5. The van der Waals surface area contributed by atoms with Gasteiger partial charge in [0.15, 0.2) is 0 Å². The fourth-order valence-corrected chi connectivity index (χ4v) is 2.75. The van der Waals surface area contributed by atoms with Crippen molar-refractivity contribution in [3.8, 4) is 0 Å². The standard InChI is InChI=1S/C14H18ClF3N2O/c1-10(21)11-2-3-13(12(15)8-11)20-6-4-19(5-7-20)9-14(16,17)18/h2-3,8,10,21H,4-7,9H2,1H3/t10-/m0/s1. The number of anilines is 1. The van der Waals surface area contributed by atoms with Crippen molar-refractivity contribution in [3.63, 3.8) is 0 Å². The number of nitrogens with zero attached hydrogens (tertiary/aromatic N) is 2. The number of hydrogen-bond donors (Lipinski definition) is 1. The second-order valence-electron chi connectivity index (χ2n) is 5.27. The third kappa shape index (κ3) is 4.49. The van der Waals surface area contributed by atoms with Gasteiger partial charge in [0.05, 0.1) is 23.4 Å². The lowest BCUT2D eigenvalue weighted by Crippen LogP contribution is -2.49. The molecule has 0 radical (unpaired) electrons. The van der Waals surface area contributed by atoms with Crippen LogP contribution in [0.25, 0.3) is 0 Å². The highest BCUT2D eigenvalue weighted by Gasteiger charge is 2.32. The maximum absolute atomic E-state index is 12.3. The van der Waals surface area contributed by atoms with Crippen LogP contribution in [0.4, 0.5) is 18.9 Å². The number of aliphatic hydroxyl groups excluding tert-OH is 1. The molecule has 0 aromatic heterocycles. The van der Waals surface area contributed by atoms with E-state index in [4.69, 9.17) is 11.6 Å². The molecule has 1 aliphatic rings. The first-order valence-electron chi connectivity index (χ1n) is 6.78.